The number of carboxylic acid groups (broad SMARTS) is 1. The molecule has 1 N–H and O–H groups in total. The van der Waals surface area contributed by atoms with Crippen molar-refractivity contribution in [1.29, 1.82) is 0 Å². The van der Waals surface area contributed by atoms with Crippen LogP contribution in [-0.2, 0) is 11.3 Å². The number of aromatic nitrogens is 2. The van der Waals surface area contributed by atoms with Crippen LogP contribution in [0.3, 0.4) is 0 Å². The first-order valence-electron chi connectivity index (χ1n) is 4.83. The molecular formula is C10H10N2O3S2. The Balaban J connectivity index is 2.56. The molecule has 2 heterocycles. The average molecular weight is 270 g/mol. The van der Waals surface area contributed by atoms with Gasteiger partial charge >= 0.3 is 10.8 Å². The number of thiazole rings is 2. The SMILES string of the molecule is Cc1nc(C)c(-c2csc(=O)n2CC(=O)O)s1. The smallest absolute Gasteiger partial charge is 0.323 e. The molecule has 0 aliphatic rings. The van der Waals surface area contributed by atoms with Gasteiger partial charge in [0.1, 0.15) is 6.54 Å². The van der Waals surface area contributed by atoms with Crippen molar-refractivity contribution >= 4 is 28.6 Å². The highest BCUT2D eigenvalue weighted by atomic mass is 32.1. The molecule has 0 amide bonds. The van der Waals surface area contributed by atoms with E-state index in [1.54, 1.807) is 5.38 Å². The van der Waals surface area contributed by atoms with Crippen molar-refractivity contribution in [2.75, 3.05) is 0 Å². The number of rotatable bonds is 3. The Morgan fingerprint density at radius 1 is 1.53 bits per heavy atom. The van der Waals surface area contributed by atoms with Crippen LogP contribution in [0.4, 0.5) is 0 Å². The van der Waals surface area contributed by atoms with Gasteiger partial charge in [-0.15, -0.1) is 11.3 Å². The van der Waals surface area contributed by atoms with E-state index in [1.165, 1.54) is 15.9 Å². The van der Waals surface area contributed by atoms with Gasteiger partial charge in [-0.25, -0.2) is 4.98 Å². The highest BCUT2D eigenvalue weighted by Gasteiger charge is 2.16. The lowest BCUT2D eigenvalue weighted by molar-refractivity contribution is -0.137. The van der Waals surface area contributed by atoms with Crippen molar-refractivity contribution in [2.24, 2.45) is 0 Å². The van der Waals surface area contributed by atoms with E-state index >= 15 is 0 Å². The molecule has 2 aromatic heterocycles. The Morgan fingerprint density at radius 2 is 2.24 bits per heavy atom. The molecule has 2 aromatic rings. The summed E-state index contributed by atoms with van der Waals surface area (Å²) in [4.78, 5) is 27.2. The van der Waals surface area contributed by atoms with Crippen LogP contribution in [0, 0.1) is 13.8 Å². The second kappa shape index (κ2) is 4.42. The van der Waals surface area contributed by atoms with E-state index in [0.29, 0.717) is 5.69 Å². The fourth-order valence-electron chi connectivity index (χ4n) is 1.56. The van der Waals surface area contributed by atoms with Crippen molar-refractivity contribution in [3.05, 3.63) is 25.7 Å². The third kappa shape index (κ3) is 2.29. The molecule has 0 atom stereocenters. The summed E-state index contributed by atoms with van der Waals surface area (Å²) >= 11 is 2.47. The molecular weight excluding hydrogens is 260 g/mol. The van der Waals surface area contributed by atoms with Gasteiger partial charge in [-0.1, -0.05) is 11.3 Å². The van der Waals surface area contributed by atoms with Crippen LogP contribution in [0.15, 0.2) is 10.2 Å². The fraction of sp³-hybridized carbons (Fsp3) is 0.300. The number of nitrogens with zero attached hydrogens (tertiary/aromatic N) is 2. The van der Waals surface area contributed by atoms with E-state index in [4.69, 9.17) is 5.11 Å². The molecule has 0 unspecified atom stereocenters. The van der Waals surface area contributed by atoms with Crippen molar-refractivity contribution in [3.8, 4) is 10.6 Å². The van der Waals surface area contributed by atoms with Gasteiger partial charge in [-0.2, -0.15) is 0 Å². The minimum atomic E-state index is -1.02. The van der Waals surface area contributed by atoms with Crippen molar-refractivity contribution < 1.29 is 9.90 Å². The highest BCUT2D eigenvalue weighted by Crippen LogP contribution is 2.29. The monoisotopic (exact) mass is 270 g/mol. The predicted molar refractivity (Wildman–Crippen MR) is 66.8 cm³/mol. The van der Waals surface area contributed by atoms with Crippen LogP contribution in [0.1, 0.15) is 10.7 Å². The maximum atomic E-state index is 11.6. The summed E-state index contributed by atoms with van der Waals surface area (Å²) in [7, 11) is 0. The van der Waals surface area contributed by atoms with Gasteiger partial charge < -0.3 is 5.11 Å². The van der Waals surface area contributed by atoms with E-state index in [2.05, 4.69) is 4.98 Å². The van der Waals surface area contributed by atoms with Crippen LogP contribution in [-0.4, -0.2) is 20.6 Å². The maximum absolute atomic E-state index is 11.6. The third-order valence-corrected chi connectivity index (χ3v) is 4.07. The molecule has 0 bridgehead atoms. The highest BCUT2D eigenvalue weighted by molar-refractivity contribution is 7.15. The minimum absolute atomic E-state index is 0.257. The first-order valence-corrected chi connectivity index (χ1v) is 6.53. The fourth-order valence-corrected chi connectivity index (χ4v) is 3.33. The Bertz CT molecular complexity index is 624. The lowest BCUT2D eigenvalue weighted by atomic mass is 10.3. The molecule has 17 heavy (non-hydrogen) atoms. The normalized spacial score (nSPS) is 10.7. The molecule has 0 fully saturated rings. The van der Waals surface area contributed by atoms with Gasteiger partial charge in [0.25, 0.3) is 0 Å². The van der Waals surface area contributed by atoms with Crippen LogP contribution < -0.4 is 4.87 Å². The standard InChI is InChI=1S/C10H10N2O3S2/c1-5-9(17-6(2)11-5)7-4-16-10(15)12(7)3-8(13)14/h4H,3H2,1-2H3,(H,13,14). The predicted octanol–water partition coefficient (Wildman–Crippen LogP) is 1.73. The quantitative estimate of drug-likeness (QED) is 0.922. The van der Waals surface area contributed by atoms with E-state index in [0.717, 1.165) is 26.9 Å². The average Bonchev–Trinajstić information content (AvgIpc) is 2.71. The zero-order chi connectivity index (χ0) is 12.6. The Kier molecular flexibility index (Phi) is 3.12. The second-order valence-corrected chi connectivity index (χ2v) is 5.54. The maximum Gasteiger partial charge on any atom is 0.323 e. The van der Waals surface area contributed by atoms with Crippen LogP contribution >= 0.6 is 22.7 Å². The topological polar surface area (TPSA) is 72.2 Å². The number of hydrogen-bond acceptors (Lipinski definition) is 5. The molecule has 7 heteroatoms. The molecule has 0 aliphatic heterocycles. The van der Waals surface area contributed by atoms with Gasteiger partial charge in [0.15, 0.2) is 0 Å². The Labute approximate surface area is 105 Å². The molecule has 0 saturated carbocycles. The minimum Gasteiger partial charge on any atom is -0.480 e. The summed E-state index contributed by atoms with van der Waals surface area (Å²) in [6.45, 7) is 3.42. The summed E-state index contributed by atoms with van der Waals surface area (Å²) in [5.74, 6) is -1.02. The van der Waals surface area contributed by atoms with Gasteiger partial charge in [0.05, 0.1) is 21.3 Å². The zero-order valence-electron chi connectivity index (χ0n) is 9.26. The lowest BCUT2D eigenvalue weighted by Gasteiger charge is -2.02. The number of carboxylic acids is 1. The number of carbonyl (C=O) groups is 1. The summed E-state index contributed by atoms with van der Waals surface area (Å²) in [6.07, 6.45) is 0. The molecule has 0 aliphatic carbocycles. The first kappa shape index (κ1) is 12.0. The van der Waals surface area contributed by atoms with E-state index in [9.17, 15) is 9.59 Å². The molecule has 0 spiro atoms. The second-order valence-electron chi connectivity index (χ2n) is 3.51. The van der Waals surface area contributed by atoms with Crippen molar-refractivity contribution in [3.63, 3.8) is 0 Å². The van der Waals surface area contributed by atoms with E-state index in [-0.39, 0.29) is 11.4 Å². The number of hydrogen-bond donors (Lipinski definition) is 1. The molecule has 5 nitrogen and oxygen atoms in total. The Hall–Kier alpha value is -1.47. The van der Waals surface area contributed by atoms with Crippen molar-refractivity contribution in [2.45, 2.75) is 20.4 Å². The van der Waals surface area contributed by atoms with Gasteiger partial charge in [0.2, 0.25) is 0 Å². The number of aryl methyl sites for hydroxylation is 2. The summed E-state index contributed by atoms with van der Waals surface area (Å²) < 4.78 is 1.27. The van der Waals surface area contributed by atoms with Gasteiger partial charge in [0, 0.05) is 5.38 Å². The zero-order valence-corrected chi connectivity index (χ0v) is 10.9. The molecule has 90 valence electrons. The molecule has 0 aromatic carbocycles. The summed E-state index contributed by atoms with van der Waals surface area (Å²) in [5, 5.41) is 11.4. The Morgan fingerprint density at radius 3 is 2.76 bits per heavy atom. The number of aliphatic carboxylic acids is 1. The summed E-state index contributed by atoms with van der Waals surface area (Å²) in [5.41, 5.74) is 1.47. The van der Waals surface area contributed by atoms with Crippen molar-refractivity contribution in [1.82, 2.24) is 9.55 Å². The van der Waals surface area contributed by atoms with Crippen LogP contribution in [0.5, 0.6) is 0 Å². The largest absolute Gasteiger partial charge is 0.480 e. The van der Waals surface area contributed by atoms with Gasteiger partial charge in [-0.05, 0) is 13.8 Å². The third-order valence-electron chi connectivity index (χ3n) is 2.21. The summed E-state index contributed by atoms with van der Waals surface area (Å²) in [6, 6.07) is 0. The molecule has 0 radical (unpaired) electrons. The van der Waals surface area contributed by atoms with Crippen LogP contribution in [0.2, 0.25) is 0 Å². The van der Waals surface area contributed by atoms with E-state index < -0.39 is 5.97 Å². The van der Waals surface area contributed by atoms with Crippen LogP contribution in [0.25, 0.3) is 10.6 Å². The first-order chi connectivity index (χ1) is 7.99. The molecule has 2 rings (SSSR count). The van der Waals surface area contributed by atoms with Gasteiger partial charge in [-0.3, -0.25) is 14.2 Å². The van der Waals surface area contributed by atoms with E-state index in [1.807, 2.05) is 13.8 Å². The molecule has 0 saturated heterocycles. The lowest BCUT2D eigenvalue weighted by Crippen LogP contribution is -2.19.